The van der Waals surface area contributed by atoms with Crippen molar-refractivity contribution in [1.82, 2.24) is 0 Å². The van der Waals surface area contributed by atoms with Gasteiger partial charge >= 0.3 is 0 Å². The Morgan fingerprint density at radius 1 is 1.20 bits per heavy atom. The van der Waals surface area contributed by atoms with Gasteiger partial charge in [0.25, 0.3) is 0 Å². The average Bonchev–Trinajstić information content (AvgIpc) is 2.15. The Morgan fingerprint density at radius 3 is 2.20 bits per heavy atom. The summed E-state index contributed by atoms with van der Waals surface area (Å²) in [5.41, 5.74) is 0.990. The first-order valence-corrected chi connectivity index (χ1v) is 7.12. The van der Waals surface area contributed by atoms with Gasteiger partial charge in [-0.05, 0) is 36.5 Å². The second-order valence-corrected chi connectivity index (χ2v) is 8.04. The van der Waals surface area contributed by atoms with Crippen LogP contribution in [0.15, 0.2) is 34.7 Å². The first-order chi connectivity index (χ1) is 6.83. The Hall–Kier alpha value is -0.960. The van der Waals surface area contributed by atoms with Crippen LogP contribution < -0.4 is 0 Å². The fourth-order valence-electron chi connectivity index (χ4n) is 0.889. The van der Waals surface area contributed by atoms with Gasteiger partial charge in [0.2, 0.25) is 0 Å². The van der Waals surface area contributed by atoms with Crippen molar-refractivity contribution in [2.24, 2.45) is 4.40 Å². The van der Waals surface area contributed by atoms with Gasteiger partial charge in [0.1, 0.15) is 0 Å². The second kappa shape index (κ2) is 4.27. The molecule has 0 heterocycles. The maximum Gasteiger partial charge on any atom is 0.0428 e. The SMILES string of the molecule is CC(C)(C)[SH](C)(=O)/N=C/c1ccccc1. The van der Waals surface area contributed by atoms with Crippen molar-refractivity contribution >= 4 is 16.3 Å². The van der Waals surface area contributed by atoms with E-state index in [1.54, 1.807) is 12.5 Å². The quantitative estimate of drug-likeness (QED) is 0.608. The topological polar surface area (TPSA) is 29.4 Å². The summed E-state index contributed by atoms with van der Waals surface area (Å²) in [6.45, 7) is 5.86. The fraction of sp³-hybridized carbons (Fsp3) is 0.417. The largest absolute Gasteiger partial charge is 0.264 e. The van der Waals surface area contributed by atoms with E-state index in [0.717, 1.165) is 5.56 Å². The highest BCUT2D eigenvalue weighted by atomic mass is 32.3. The summed E-state index contributed by atoms with van der Waals surface area (Å²) in [6, 6.07) is 9.74. The third-order valence-corrected chi connectivity index (χ3v) is 5.52. The monoisotopic (exact) mass is 225 g/mol. The minimum atomic E-state index is -2.47. The fourth-order valence-corrected chi connectivity index (χ4v) is 1.59. The second-order valence-electron chi connectivity index (χ2n) is 4.71. The van der Waals surface area contributed by atoms with Gasteiger partial charge in [0, 0.05) is 17.2 Å². The predicted octanol–water partition coefficient (Wildman–Crippen LogP) is 2.47. The average molecular weight is 225 g/mol. The first kappa shape index (κ1) is 12.1. The molecule has 0 unspecified atom stereocenters. The molecule has 0 bridgehead atoms. The summed E-state index contributed by atoms with van der Waals surface area (Å²) in [7, 11) is -2.47. The van der Waals surface area contributed by atoms with Gasteiger partial charge < -0.3 is 0 Å². The van der Waals surface area contributed by atoms with Crippen molar-refractivity contribution in [2.75, 3.05) is 6.26 Å². The van der Waals surface area contributed by atoms with E-state index in [0.29, 0.717) is 0 Å². The molecule has 1 rings (SSSR count). The molecular weight excluding hydrogens is 206 g/mol. The maximum atomic E-state index is 12.2. The van der Waals surface area contributed by atoms with E-state index >= 15 is 0 Å². The third kappa shape index (κ3) is 3.27. The molecule has 0 N–H and O–H groups in total. The minimum absolute atomic E-state index is 0.266. The molecule has 0 spiro atoms. The van der Waals surface area contributed by atoms with Gasteiger partial charge in [-0.2, -0.15) is 0 Å². The number of nitrogens with zero attached hydrogens (tertiary/aromatic N) is 1. The molecule has 0 atom stereocenters. The molecule has 0 aromatic heterocycles. The lowest BCUT2D eigenvalue weighted by Gasteiger charge is -2.29. The van der Waals surface area contributed by atoms with E-state index < -0.39 is 10.1 Å². The van der Waals surface area contributed by atoms with Gasteiger partial charge in [-0.15, -0.1) is 0 Å². The zero-order valence-corrected chi connectivity index (χ0v) is 10.7. The lowest BCUT2D eigenvalue weighted by molar-refractivity contribution is 0.638. The van der Waals surface area contributed by atoms with Crippen LogP contribution in [0.4, 0.5) is 0 Å². The molecule has 1 aromatic rings. The summed E-state index contributed by atoms with van der Waals surface area (Å²) >= 11 is 0. The van der Waals surface area contributed by atoms with Crippen LogP contribution in [-0.2, 0) is 10.1 Å². The Bertz CT molecular complexity index is 390. The van der Waals surface area contributed by atoms with Gasteiger partial charge in [0.15, 0.2) is 0 Å². The minimum Gasteiger partial charge on any atom is -0.264 e. The van der Waals surface area contributed by atoms with Crippen LogP contribution in [0.3, 0.4) is 0 Å². The van der Waals surface area contributed by atoms with E-state index in [2.05, 4.69) is 4.40 Å². The highest BCUT2D eigenvalue weighted by molar-refractivity contribution is 8.02. The van der Waals surface area contributed by atoms with Crippen molar-refractivity contribution in [1.29, 1.82) is 0 Å². The molecule has 0 saturated heterocycles. The van der Waals surface area contributed by atoms with Crippen LogP contribution in [0.1, 0.15) is 26.3 Å². The molecule has 0 radical (unpaired) electrons. The molecule has 0 fully saturated rings. The zero-order chi connectivity index (χ0) is 11.5. The Labute approximate surface area is 93.0 Å². The Morgan fingerprint density at radius 2 is 1.73 bits per heavy atom. The first-order valence-electron chi connectivity index (χ1n) is 5.01. The van der Waals surface area contributed by atoms with Crippen LogP contribution >= 0.6 is 0 Å². The van der Waals surface area contributed by atoms with Crippen LogP contribution in [0.5, 0.6) is 0 Å². The van der Waals surface area contributed by atoms with Crippen molar-refractivity contribution in [2.45, 2.75) is 25.5 Å². The smallest absolute Gasteiger partial charge is 0.0428 e. The van der Waals surface area contributed by atoms with Crippen LogP contribution in [0.25, 0.3) is 0 Å². The maximum absolute atomic E-state index is 12.2. The van der Waals surface area contributed by atoms with Crippen molar-refractivity contribution in [3.05, 3.63) is 35.9 Å². The van der Waals surface area contributed by atoms with Crippen molar-refractivity contribution in [3.8, 4) is 0 Å². The number of rotatable bonds is 2. The van der Waals surface area contributed by atoms with Gasteiger partial charge in [-0.3, -0.25) is 4.21 Å². The summed E-state index contributed by atoms with van der Waals surface area (Å²) < 4.78 is 16.2. The predicted molar refractivity (Wildman–Crippen MR) is 69.3 cm³/mol. The molecule has 84 valence electrons. The molecule has 2 nitrogen and oxygen atoms in total. The highest BCUT2D eigenvalue weighted by Gasteiger charge is 2.24. The van der Waals surface area contributed by atoms with Gasteiger partial charge in [-0.25, -0.2) is 4.40 Å². The van der Waals surface area contributed by atoms with E-state index in [4.69, 9.17) is 0 Å². The molecule has 15 heavy (non-hydrogen) atoms. The molecule has 0 amide bonds. The van der Waals surface area contributed by atoms with E-state index in [9.17, 15) is 4.21 Å². The van der Waals surface area contributed by atoms with Crippen molar-refractivity contribution in [3.63, 3.8) is 0 Å². The molecule has 1 aromatic carbocycles. The Kier molecular flexibility index (Phi) is 3.45. The number of hydrogen-bond acceptors (Lipinski definition) is 1. The molecule has 0 aliphatic rings. The van der Waals surface area contributed by atoms with E-state index in [-0.39, 0.29) is 4.75 Å². The van der Waals surface area contributed by atoms with E-state index in [1.807, 2.05) is 51.1 Å². The van der Waals surface area contributed by atoms with Gasteiger partial charge in [-0.1, -0.05) is 30.3 Å². The normalized spacial score (nSPS) is 14.4. The molecule has 0 saturated carbocycles. The number of benzene rings is 1. The lowest BCUT2D eigenvalue weighted by Crippen LogP contribution is -2.31. The summed E-state index contributed by atoms with van der Waals surface area (Å²) in [5, 5.41) is 0. The zero-order valence-electron chi connectivity index (χ0n) is 9.77. The molecule has 0 aliphatic carbocycles. The van der Waals surface area contributed by atoms with E-state index in [1.165, 1.54) is 0 Å². The summed E-state index contributed by atoms with van der Waals surface area (Å²) in [6.07, 6.45) is 3.43. The molecule has 0 aliphatic heterocycles. The molecule has 3 heteroatoms. The van der Waals surface area contributed by atoms with Crippen LogP contribution in [-0.4, -0.2) is 21.4 Å². The Balaban J connectivity index is 2.88. The highest BCUT2D eigenvalue weighted by Crippen LogP contribution is 2.22. The van der Waals surface area contributed by atoms with Crippen LogP contribution in [0.2, 0.25) is 0 Å². The van der Waals surface area contributed by atoms with Crippen LogP contribution in [0, 0.1) is 0 Å². The number of hydrogen-bond donors (Lipinski definition) is 1. The van der Waals surface area contributed by atoms with Gasteiger partial charge in [0.05, 0.1) is 0 Å². The summed E-state index contributed by atoms with van der Waals surface area (Å²) in [4.78, 5) is 0. The standard InChI is InChI=1S/C12H19NOS/c1-12(2,3)15(4,14)13-10-11-8-6-5-7-9-11/h5-10,15H,1-4H3/b13-10+. The molecular formula is C12H19NOS. The number of thiol groups is 1. The van der Waals surface area contributed by atoms with Crippen molar-refractivity contribution < 1.29 is 4.21 Å². The summed E-state index contributed by atoms with van der Waals surface area (Å²) in [5.74, 6) is 0. The third-order valence-electron chi connectivity index (χ3n) is 2.47. The lowest BCUT2D eigenvalue weighted by atomic mass is 10.2.